The van der Waals surface area contributed by atoms with E-state index in [1.165, 1.54) is 0 Å². The fourth-order valence-corrected chi connectivity index (χ4v) is 2.44. The molecule has 0 aliphatic carbocycles. The average molecular weight is 280 g/mol. The highest BCUT2D eigenvalue weighted by atomic mass is 19.4. The topological polar surface area (TPSA) is 42.5 Å². The quantitative estimate of drug-likeness (QED) is 0.720. The molecule has 2 heterocycles. The maximum Gasteiger partial charge on any atom is 0.464 e. The lowest BCUT2D eigenvalue weighted by atomic mass is 9.65. The second-order valence-electron chi connectivity index (χ2n) is 6.30. The summed E-state index contributed by atoms with van der Waals surface area (Å²) in [6.07, 6.45) is -4.34. The van der Waals surface area contributed by atoms with E-state index >= 15 is 0 Å². The van der Waals surface area contributed by atoms with Crippen LogP contribution >= 0.6 is 0 Å². The Morgan fingerprint density at radius 3 is 1.89 bits per heavy atom. The average Bonchev–Trinajstić information content (AvgIpc) is 2.65. The van der Waals surface area contributed by atoms with Gasteiger partial charge in [-0.25, -0.2) is 5.43 Å². The molecule has 2 aliphatic rings. The zero-order valence-electron chi connectivity index (χ0n) is 11.8. The molecule has 19 heavy (non-hydrogen) atoms. The van der Waals surface area contributed by atoms with Gasteiger partial charge >= 0.3 is 13.3 Å². The Bertz CT molecular complexity index is 346. The third-order valence-electron chi connectivity index (χ3n) is 4.37. The van der Waals surface area contributed by atoms with Crippen LogP contribution in [0.15, 0.2) is 0 Å². The molecule has 4 nitrogen and oxygen atoms in total. The van der Waals surface area contributed by atoms with Gasteiger partial charge in [-0.2, -0.15) is 13.2 Å². The van der Waals surface area contributed by atoms with E-state index in [4.69, 9.17) is 9.31 Å². The molecule has 8 heteroatoms. The molecule has 0 aromatic rings. The van der Waals surface area contributed by atoms with E-state index in [0.29, 0.717) is 0 Å². The second-order valence-corrected chi connectivity index (χ2v) is 6.30. The Morgan fingerprint density at radius 1 is 1.00 bits per heavy atom. The summed E-state index contributed by atoms with van der Waals surface area (Å²) in [5.41, 5.74) is 3.66. The molecule has 2 saturated heterocycles. The summed E-state index contributed by atoms with van der Waals surface area (Å²) in [6, 6.07) is -2.06. The first-order valence-electron chi connectivity index (χ1n) is 6.39. The van der Waals surface area contributed by atoms with E-state index < -0.39 is 36.4 Å². The minimum atomic E-state index is -4.34. The molecule has 2 N–H and O–H groups in total. The molecule has 0 aromatic carbocycles. The Labute approximate surface area is 111 Å². The summed E-state index contributed by atoms with van der Waals surface area (Å²) in [7, 11) is -0.880. The molecule has 0 aromatic heterocycles. The van der Waals surface area contributed by atoms with E-state index in [1.807, 2.05) is 27.7 Å². The molecule has 2 fully saturated rings. The van der Waals surface area contributed by atoms with Crippen LogP contribution in [-0.4, -0.2) is 36.6 Å². The van der Waals surface area contributed by atoms with Gasteiger partial charge in [0.1, 0.15) is 6.04 Å². The first-order chi connectivity index (χ1) is 8.46. The van der Waals surface area contributed by atoms with Crippen molar-refractivity contribution in [2.45, 2.75) is 69.9 Å². The van der Waals surface area contributed by atoms with E-state index in [2.05, 4.69) is 10.9 Å². The smallest absolute Gasteiger partial charge is 0.403 e. The summed E-state index contributed by atoms with van der Waals surface area (Å²) in [6.45, 7) is 9.01. The largest absolute Gasteiger partial charge is 0.464 e. The number of nitrogens with one attached hydrogen (secondary N) is 2. The van der Waals surface area contributed by atoms with Crippen molar-refractivity contribution in [3.8, 4) is 0 Å². The van der Waals surface area contributed by atoms with E-state index in [-0.39, 0.29) is 6.04 Å². The Hall–Kier alpha value is -0.305. The highest BCUT2D eigenvalue weighted by molar-refractivity contribution is 6.48. The monoisotopic (exact) mass is 280 g/mol. The number of hydrogen-bond acceptors (Lipinski definition) is 4. The molecule has 0 spiro atoms. The lowest BCUT2D eigenvalue weighted by Crippen LogP contribution is -2.46. The number of hydrazine groups is 1. The third kappa shape index (κ3) is 2.51. The zero-order valence-corrected chi connectivity index (χ0v) is 11.8. The first kappa shape index (κ1) is 15.1. The van der Waals surface area contributed by atoms with Gasteiger partial charge in [-0.1, -0.05) is 0 Å². The van der Waals surface area contributed by atoms with Crippen molar-refractivity contribution in [1.82, 2.24) is 10.9 Å². The van der Waals surface area contributed by atoms with Crippen LogP contribution in [0.25, 0.3) is 0 Å². The SMILES string of the molecule is CC1NNC(C(F)(F)F)C1B1OC(C)(C)C(C)(C)O1. The van der Waals surface area contributed by atoms with Crippen LogP contribution in [-0.2, 0) is 9.31 Å². The number of alkyl halides is 3. The predicted molar refractivity (Wildman–Crippen MR) is 65.4 cm³/mol. The number of hydrogen-bond donors (Lipinski definition) is 2. The molecule has 0 bridgehead atoms. The lowest BCUT2D eigenvalue weighted by Gasteiger charge is -2.32. The van der Waals surface area contributed by atoms with Gasteiger partial charge in [-0.15, -0.1) is 0 Å². The summed E-state index contributed by atoms with van der Waals surface area (Å²) < 4.78 is 50.5. The van der Waals surface area contributed by atoms with Gasteiger partial charge in [-0.05, 0) is 34.6 Å². The van der Waals surface area contributed by atoms with Crippen LogP contribution in [0.3, 0.4) is 0 Å². The van der Waals surface area contributed by atoms with E-state index in [0.717, 1.165) is 0 Å². The van der Waals surface area contributed by atoms with Crippen LogP contribution in [0.4, 0.5) is 13.2 Å². The maximum absolute atomic E-state index is 13.0. The molecule has 110 valence electrons. The number of halogens is 3. The van der Waals surface area contributed by atoms with Gasteiger partial charge < -0.3 is 9.31 Å². The molecule has 3 atom stereocenters. The molecule has 2 rings (SSSR count). The number of rotatable bonds is 1. The fourth-order valence-electron chi connectivity index (χ4n) is 2.44. The standard InChI is InChI=1S/C11H20BF3N2O2/c1-6-7(8(17-16-6)11(13,14)15)12-18-9(2,3)10(4,5)19-12/h6-8,16-17H,1-5H3. The highest BCUT2D eigenvalue weighted by Crippen LogP contribution is 2.45. The van der Waals surface area contributed by atoms with E-state index in [9.17, 15) is 13.2 Å². The lowest BCUT2D eigenvalue weighted by molar-refractivity contribution is -0.154. The summed E-state index contributed by atoms with van der Waals surface area (Å²) in [4.78, 5) is 0. The van der Waals surface area contributed by atoms with Crippen molar-refractivity contribution in [2.75, 3.05) is 0 Å². The Balaban J connectivity index is 2.22. The van der Waals surface area contributed by atoms with Gasteiger partial charge in [0.05, 0.1) is 11.2 Å². The minimum Gasteiger partial charge on any atom is -0.403 e. The maximum atomic E-state index is 13.0. The van der Waals surface area contributed by atoms with Crippen molar-refractivity contribution >= 4 is 7.12 Å². The zero-order chi connectivity index (χ0) is 14.6. The van der Waals surface area contributed by atoms with Crippen molar-refractivity contribution in [2.24, 2.45) is 0 Å². The molecular weight excluding hydrogens is 260 g/mol. The second kappa shape index (κ2) is 4.34. The van der Waals surface area contributed by atoms with Crippen LogP contribution in [0, 0.1) is 0 Å². The van der Waals surface area contributed by atoms with Crippen molar-refractivity contribution in [3.05, 3.63) is 0 Å². The van der Waals surface area contributed by atoms with Gasteiger partial charge in [-0.3, -0.25) is 5.43 Å². The summed E-state index contributed by atoms with van der Waals surface area (Å²) in [5, 5.41) is 0. The molecule has 0 radical (unpaired) electrons. The molecular formula is C11H20BF3N2O2. The molecule has 3 unspecified atom stereocenters. The van der Waals surface area contributed by atoms with Gasteiger partial charge in [0.15, 0.2) is 0 Å². The van der Waals surface area contributed by atoms with Gasteiger partial charge in [0.2, 0.25) is 0 Å². The summed E-state index contributed by atoms with van der Waals surface area (Å²) in [5.74, 6) is -0.818. The van der Waals surface area contributed by atoms with Crippen LogP contribution in [0.1, 0.15) is 34.6 Å². The van der Waals surface area contributed by atoms with E-state index in [1.54, 1.807) is 6.92 Å². The van der Waals surface area contributed by atoms with Gasteiger partial charge in [0.25, 0.3) is 0 Å². The molecule has 0 saturated carbocycles. The van der Waals surface area contributed by atoms with Crippen molar-refractivity contribution < 1.29 is 22.5 Å². The van der Waals surface area contributed by atoms with Crippen LogP contribution in [0.5, 0.6) is 0 Å². The van der Waals surface area contributed by atoms with Gasteiger partial charge in [0, 0.05) is 11.9 Å². The van der Waals surface area contributed by atoms with Crippen molar-refractivity contribution in [1.29, 1.82) is 0 Å². The summed E-state index contributed by atoms with van der Waals surface area (Å²) >= 11 is 0. The fraction of sp³-hybridized carbons (Fsp3) is 1.00. The molecule has 0 amide bonds. The predicted octanol–water partition coefficient (Wildman–Crippen LogP) is 1.88. The first-order valence-corrected chi connectivity index (χ1v) is 6.39. The minimum absolute atomic E-state index is 0.388. The Kier molecular flexibility index (Phi) is 3.45. The Morgan fingerprint density at radius 2 is 1.47 bits per heavy atom. The molecule has 2 aliphatic heterocycles. The van der Waals surface area contributed by atoms with Crippen molar-refractivity contribution in [3.63, 3.8) is 0 Å². The highest BCUT2D eigenvalue weighted by Gasteiger charge is 2.62. The normalized spacial score (nSPS) is 37.9. The third-order valence-corrected chi connectivity index (χ3v) is 4.37. The van der Waals surface area contributed by atoms with Crippen LogP contribution in [0.2, 0.25) is 5.82 Å². The van der Waals surface area contributed by atoms with Crippen LogP contribution < -0.4 is 10.9 Å².